The van der Waals surface area contributed by atoms with Gasteiger partial charge in [0, 0.05) is 31.1 Å². The van der Waals surface area contributed by atoms with E-state index in [1.54, 1.807) is 6.07 Å². The van der Waals surface area contributed by atoms with Gasteiger partial charge in [0.25, 0.3) is 0 Å². The standard InChI is InChI=1S/C9H11NO.U/c1-6(2)9-7(3)4-8(11)5-10-9;/h4-5,11H,1H2,2-3H3;. The molecule has 1 aromatic heterocycles. The van der Waals surface area contributed by atoms with Gasteiger partial charge in [-0.1, -0.05) is 6.58 Å². The zero-order chi connectivity index (χ0) is 8.43. The van der Waals surface area contributed by atoms with E-state index >= 15 is 0 Å². The second kappa shape index (κ2) is 4.69. The zero-order valence-electron chi connectivity index (χ0n) is 7.26. The van der Waals surface area contributed by atoms with E-state index in [4.69, 9.17) is 5.11 Å². The monoisotopic (exact) mass is 387 g/mol. The Morgan fingerprint density at radius 3 is 2.58 bits per heavy atom. The molecule has 0 saturated carbocycles. The maximum atomic E-state index is 9.03. The molecule has 0 bridgehead atoms. The van der Waals surface area contributed by atoms with Gasteiger partial charge in [-0.25, -0.2) is 0 Å². The minimum atomic E-state index is 0. The second-order valence-electron chi connectivity index (χ2n) is 2.64. The number of nitrogens with zero attached hydrogens (tertiary/aromatic N) is 1. The Hall–Kier alpha value is -0.258. The van der Waals surface area contributed by atoms with Gasteiger partial charge in [-0.15, -0.1) is 0 Å². The predicted molar refractivity (Wildman–Crippen MR) is 45.3 cm³/mol. The molecule has 12 heavy (non-hydrogen) atoms. The third-order valence-electron chi connectivity index (χ3n) is 1.47. The summed E-state index contributed by atoms with van der Waals surface area (Å²) in [5, 5.41) is 9.03. The molecular weight excluding hydrogens is 376 g/mol. The van der Waals surface area contributed by atoms with E-state index in [9.17, 15) is 0 Å². The molecule has 1 N–H and O–H groups in total. The quantitative estimate of drug-likeness (QED) is 0.801. The van der Waals surface area contributed by atoms with Gasteiger partial charge in [0.15, 0.2) is 0 Å². The van der Waals surface area contributed by atoms with Gasteiger partial charge < -0.3 is 5.11 Å². The topological polar surface area (TPSA) is 33.1 Å². The molecule has 0 spiro atoms. The number of hydrogen-bond donors (Lipinski definition) is 1. The van der Waals surface area contributed by atoms with E-state index in [1.807, 2.05) is 13.8 Å². The summed E-state index contributed by atoms with van der Waals surface area (Å²) < 4.78 is 0. The van der Waals surface area contributed by atoms with Crippen LogP contribution in [0.4, 0.5) is 0 Å². The molecule has 0 aliphatic heterocycles. The molecule has 3 heteroatoms. The minimum Gasteiger partial charge on any atom is -0.506 e. The van der Waals surface area contributed by atoms with E-state index in [0.29, 0.717) is 0 Å². The molecule has 62 valence electrons. The summed E-state index contributed by atoms with van der Waals surface area (Å²) in [7, 11) is 0. The van der Waals surface area contributed by atoms with E-state index in [1.165, 1.54) is 6.20 Å². The minimum absolute atomic E-state index is 0. The molecule has 0 amide bonds. The Bertz CT molecular complexity index is 297. The Balaban J connectivity index is 0.00000121. The van der Waals surface area contributed by atoms with Crippen molar-refractivity contribution in [1.29, 1.82) is 0 Å². The third kappa shape index (κ3) is 2.66. The van der Waals surface area contributed by atoms with Gasteiger partial charge in [-0.05, 0) is 31.1 Å². The van der Waals surface area contributed by atoms with Gasteiger partial charge >= 0.3 is 0 Å². The largest absolute Gasteiger partial charge is 0.506 e. The van der Waals surface area contributed by atoms with Crippen LogP contribution < -0.4 is 0 Å². The van der Waals surface area contributed by atoms with Crippen molar-refractivity contribution in [3.8, 4) is 5.75 Å². The number of allylic oxidation sites excluding steroid dienone is 1. The first kappa shape index (κ1) is 11.7. The van der Waals surface area contributed by atoms with Gasteiger partial charge in [0.05, 0.1) is 11.9 Å². The Morgan fingerprint density at radius 1 is 1.58 bits per heavy atom. The van der Waals surface area contributed by atoms with Gasteiger partial charge in [-0.3, -0.25) is 4.98 Å². The molecule has 1 rings (SSSR count). The van der Waals surface area contributed by atoms with Crippen LogP contribution >= 0.6 is 0 Å². The van der Waals surface area contributed by atoms with Crippen LogP contribution in [0, 0.1) is 38.0 Å². The summed E-state index contributed by atoms with van der Waals surface area (Å²) in [6.07, 6.45) is 1.43. The average molecular weight is 387 g/mol. The molecule has 0 fully saturated rings. The number of hydrogen-bond acceptors (Lipinski definition) is 2. The summed E-state index contributed by atoms with van der Waals surface area (Å²) >= 11 is 0. The molecule has 0 atom stereocenters. The van der Waals surface area contributed by atoms with Crippen LogP contribution in [0.25, 0.3) is 5.57 Å². The predicted octanol–water partition coefficient (Wildman–Crippen LogP) is 2.13. The second-order valence-corrected chi connectivity index (χ2v) is 2.64. The first-order valence-electron chi connectivity index (χ1n) is 3.42. The number of aryl methyl sites for hydroxylation is 1. The third-order valence-corrected chi connectivity index (χ3v) is 1.47. The Morgan fingerprint density at radius 2 is 2.17 bits per heavy atom. The van der Waals surface area contributed by atoms with Gasteiger partial charge in [0.1, 0.15) is 5.75 Å². The van der Waals surface area contributed by atoms with E-state index in [0.717, 1.165) is 16.8 Å². The van der Waals surface area contributed by atoms with Crippen molar-refractivity contribution in [2.45, 2.75) is 13.8 Å². The van der Waals surface area contributed by atoms with E-state index < -0.39 is 0 Å². The van der Waals surface area contributed by atoms with Crippen molar-refractivity contribution in [2.75, 3.05) is 0 Å². The van der Waals surface area contributed by atoms with Crippen molar-refractivity contribution in [2.24, 2.45) is 0 Å². The normalized spacial score (nSPS) is 8.83. The molecule has 0 unspecified atom stereocenters. The molecule has 0 radical (unpaired) electrons. The average Bonchev–Trinajstić information content (AvgIpc) is 1.85. The maximum Gasteiger partial charge on any atom is 0.134 e. The van der Waals surface area contributed by atoms with Crippen molar-refractivity contribution in [3.05, 3.63) is 30.1 Å². The first-order valence-corrected chi connectivity index (χ1v) is 3.42. The summed E-state index contributed by atoms with van der Waals surface area (Å²) in [5.41, 5.74) is 2.74. The van der Waals surface area contributed by atoms with Crippen LogP contribution in [0.5, 0.6) is 5.75 Å². The number of pyridine rings is 1. The van der Waals surface area contributed by atoms with Gasteiger partial charge in [0.2, 0.25) is 0 Å². The number of rotatable bonds is 1. The van der Waals surface area contributed by atoms with E-state index in [2.05, 4.69) is 11.6 Å². The van der Waals surface area contributed by atoms with Crippen molar-refractivity contribution in [1.82, 2.24) is 4.98 Å². The maximum absolute atomic E-state index is 9.03. The molecular formula is C9H11NOU. The Kier molecular flexibility index (Phi) is 4.59. The first-order chi connectivity index (χ1) is 5.11. The molecule has 0 aliphatic carbocycles. The van der Waals surface area contributed by atoms with Crippen LogP contribution in [0.2, 0.25) is 0 Å². The molecule has 1 heterocycles. The van der Waals surface area contributed by atoms with E-state index in [-0.39, 0.29) is 36.9 Å². The molecule has 0 aliphatic rings. The summed E-state index contributed by atoms with van der Waals surface area (Å²) in [5.74, 6) is 0.201. The smallest absolute Gasteiger partial charge is 0.134 e. The molecule has 0 aromatic carbocycles. The van der Waals surface area contributed by atoms with Gasteiger partial charge in [-0.2, -0.15) is 0 Å². The zero-order valence-corrected chi connectivity index (χ0v) is 11.4. The van der Waals surface area contributed by atoms with Crippen molar-refractivity contribution >= 4 is 5.57 Å². The van der Waals surface area contributed by atoms with Crippen LogP contribution in [-0.2, 0) is 0 Å². The van der Waals surface area contributed by atoms with Crippen molar-refractivity contribution in [3.63, 3.8) is 0 Å². The number of aromatic nitrogens is 1. The fraction of sp³-hybridized carbons (Fsp3) is 0.222. The molecule has 1 aromatic rings. The Labute approximate surface area is 96.1 Å². The fourth-order valence-electron chi connectivity index (χ4n) is 1.01. The van der Waals surface area contributed by atoms with Crippen LogP contribution in [-0.4, -0.2) is 10.1 Å². The fourth-order valence-corrected chi connectivity index (χ4v) is 1.01. The summed E-state index contributed by atoms with van der Waals surface area (Å²) in [6.45, 7) is 7.57. The molecule has 0 saturated heterocycles. The SMILES string of the molecule is C=C(C)c1ncc(O)cc1C.[U]. The summed E-state index contributed by atoms with van der Waals surface area (Å²) in [4.78, 5) is 4.03. The van der Waals surface area contributed by atoms with Crippen LogP contribution in [0.1, 0.15) is 18.2 Å². The number of aromatic hydroxyl groups is 1. The molecule has 2 nitrogen and oxygen atoms in total. The van der Waals surface area contributed by atoms with Crippen LogP contribution in [0.3, 0.4) is 0 Å². The van der Waals surface area contributed by atoms with Crippen LogP contribution in [0.15, 0.2) is 18.8 Å². The summed E-state index contributed by atoms with van der Waals surface area (Å²) in [6, 6.07) is 1.68. The van der Waals surface area contributed by atoms with Crippen molar-refractivity contribution < 1.29 is 36.2 Å².